The molecule has 0 aromatic carbocycles. The molecule has 0 N–H and O–H groups in total. The molecule has 1 heteroatoms. The minimum absolute atomic E-state index is 1.34. The summed E-state index contributed by atoms with van der Waals surface area (Å²) in [6.45, 7) is 6.99. The summed E-state index contributed by atoms with van der Waals surface area (Å²) in [6.07, 6.45) is 14.7. The van der Waals surface area contributed by atoms with E-state index in [2.05, 4.69) is 37.8 Å². The van der Waals surface area contributed by atoms with Crippen LogP contribution in [0.2, 0.25) is 10.5 Å². The standard InChI is InChI=1S/C16H30Ge/c1-4-7-11-16-12-10-15-17(16,13-8-5-2)14-9-6-3/h10,12,15H,4-9,11,13-14H2,1-3H3. The van der Waals surface area contributed by atoms with Crippen LogP contribution in [0.25, 0.3) is 0 Å². The van der Waals surface area contributed by atoms with Gasteiger partial charge in [0.15, 0.2) is 0 Å². The van der Waals surface area contributed by atoms with Crippen molar-refractivity contribution in [2.75, 3.05) is 0 Å². The molecule has 98 valence electrons. The van der Waals surface area contributed by atoms with Crippen molar-refractivity contribution in [3.05, 3.63) is 21.5 Å². The SMILES string of the molecule is CCCC[C]1=CC=[CH][Ge]1([CH2]CCC)[CH2]CCC. The molecule has 0 radical (unpaired) electrons. The van der Waals surface area contributed by atoms with Crippen molar-refractivity contribution in [1.29, 1.82) is 0 Å². The van der Waals surface area contributed by atoms with Crippen LogP contribution in [0.4, 0.5) is 0 Å². The van der Waals surface area contributed by atoms with Crippen molar-refractivity contribution in [2.45, 2.75) is 76.2 Å². The number of hydrogen-bond acceptors (Lipinski definition) is 0. The molecule has 0 nitrogen and oxygen atoms in total. The Morgan fingerprint density at radius 3 is 2.00 bits per heavy atom. The summed E-state index contributed by atoms with van der Waals surface area (Å²) in [5.74, 6) is 0. The van der Waals surface area contributed by atoms with Crippen LogP contribution in [-0.2, 0) is 0 Å². The predicted octanol–water partition coefficient (Wildman–Crippen LogP) is 5.80. The Morgan fingerprint density at radius 2 is 1.47 bits per heavy atom. The van der Waals surface area contributed by atoms with Gasteiger partial charge in [0.2, 0.25) is 0 Å². The maximum atomic E-state index is 2.69. The Labute approximate surface area is 111 Å². The number of hydrogen-bond donors (Lipinski definition) is 0. The summed E-state index contributed by atoms with van der Waals surface area (Å²) in [4.78, 5) is 2.69. The van der Waals surface area contributed by atoms with Crippen molar-refractivity contribution >= 4 is 13.3 Å². The molecule has 1 heterocycles. The number of rotatable bonds is 9. The molecule has 1 rings (SSSR count). The number of unbranched alkanes of at least 4 members (excludes halogenated alkanes) is 3. The topological polar surface area (TPSA) is 0 Å². The molecule has 0 spiro atoms. The first-order chi connectivity index (χ1) is 8.29. The van der Waals surface area contributed by atoms with Gasteiger partial charge in [-0.25, -0.2) is 0 Å². The number of allylic oxidation sites excluding steroid dienone is 3. The zero-order valence-corrected chi connectivity index (χ0v) is 14.2. The van der Waals surface area contributed by atoms with Crippen LogP contribution in [0.3, 0.4) is 0 Å². The quantitative estimate of drug-likeness (QED) is 0.471. The van der Waals surface area contributed by atoms with Gasteiger partial charge in [-0.15, -0.1) is 0 Å². The fourth-order valence-electron chi connectivity index (χ4n) is 2.92. The molecule has 0 fully saturated rings. The van der Waals surface area contributed by atoms with E-state index >= 15 is 0 Å². The second kappa shape index (κ2) is 8.18. The summed E-state index contributed by atoms with van der Waals surface area (Å²) in [5.41, 5.74) is 0. The molecule has 0 aromatic heterocycles. The van der Waals surface area contributed by atoms with E-state index in [-0.39, 0.29) is 0 Å². The van der Waals surface area contributed by atoms with E-state index in [0.717, 1.165) is 0 Å². The van der Waals surface area contributed by atoms with Crippen molar-refractivity contribution < 1.29 is 0 Å². The predicted molar refractivity (Wildman–Crippen MR) is 81.9 cm³/mol. The van der Waals surface area contributed by atoms with Crippen LogP contribution in [0.5, 0.6) is 0 Å². The molecule has 1 aliphatic heterocycles. The minimum atomic E-state index is -1.72. The third-order valence-electron chi connectivity index (χ3n) is 4.10. The summed E-state index contributed by atoms with van der Waals surface area (Å²) in [7, 11) is 0. The molecule has 0 aromatic rings. The van der Waals surface area contributed by atoms with E-state index < -0.39 is 13.3 Å². The van der Waals surface area contributed by atoms with E-state index in [9.17, 15) is 0 Å². The normalized spacial score (nSPS) is 17.5. The molecular formula is C16H30Ge. The van der Waals surface area contributed by atoms with E-state index in [4.69, 9.17) is 0 Å². The second-order valence-corrected chi connectivity index (χ2v) is 14.5. The van der Waals surface area contributed by atoms with E-state index in [1.807, 2.05) is 4.41 Å². The second-order valence-electron chi connectivity index (χ2n) is 5.52. The summed E-state index contributed by atoms with van der Waals surface area (Å²) >= 11 is -1.72. The van der Waals surface area contributed by atoms with Crippen molar-refractivity contribution in [3.63, 3.8) is 0 Å². The van der Waals surface area contributed by atoms with E-state index in [1.54, 1.807) is 10.5 Å². The zero-order valence-electron chi connectivity index (χ0n) is 12.1. The van der Waals surface area contributed by atoms with Gasteiger partial charge in [-0.3, -0.25) is 0 Å². The molecule has 0 amide bonds. The average molecular weight is 295 g/mol. The van der Waals surface area contributed by atoms with Crippen molar-refractivity contribution in [1.82, 2.24) is 0 Å². The Balaban J connectivity index is 2.66. The fourth-order valence-corrected chi connectivity index (χ4v) is 13.4. The Hall–Kier alpha value is 0.0229. The molecule has 0 unspecified atom stereocenters. The van der Waals surface area contributed by atoms with Crippen molar-refractivity contribution in [2.24, 2.45) is 0 Å². The summed E-state index contributed by atoms with van der Waals surface area (Å²) < 4.78 is 1.91. The van der Waals surface area contributed by atoms with Gasteiger partial charge in [-0.05, 0) is 0 Å². The van der Waals surface area contributed by atoms with Crippen LogP contribution in [0.15, 0.2) is 21.5 Å². The van der Waals surface area contributed by atoms with Gasteiger partial charge in [0.25, 0.3) is 0 Å². The van der Waals surface area contributed by atoms with Crippen molar-refractivity contribution in [3.8, 4) is 0 Å². The Kier molecular flexibility index (Phi) is 7.26. The van der Waals surface area contributed by atoms with Crippen LogP contribution in [-0.4, -0.2) is 13.3 Å². The zero-order chi connectivity index (χ0) is 12.6. The third kappa shape index (κ3) is 4.31. The first-order valence-electron chi connectivity index (χ1n) is 7.68. The first kappa shape index (κ1) is 15.1. The van der Waals surface area contributed by atoms with Gasteiger partial charge in [0.1, 0.15) is 0 Å². The molecule has 1 aliphatic rings. The third-order valence-corrected chi connectivity index (χ3v) is 14.6. The van der Waals surface area contributed by atoms with Crippen LogP contribution >= 0.6 is 0 Å². The summed E-state index contributed by atoms with van der Waals surface area (Å²) in [5, 5.41) is 3.12. The van der Waals surface area contributed by atoms with Gasteiger partial charge in [-0.1, -0.05) is 0 Å². The van der Waals surface area contributed by atoms with Gasteiger partial charge < -0.3 is 0 Å². The van der Waals surface area contributed by atoms with Crippen LogP contribution in [0.1, 0.15) is 65.7 Å². The molecular weight excluding hydrogens is 265 g/mol. The Bertz CT molecular complexity index is 255. The Morgan fingerprint density at radius 1 is 0.882 bits per heavy atom. The van der Waals surface area contributed by atoms with Gasteiger partial charge in [0, 0.05) is 0 Å². The maximum absolute atomic E-state index is 2.69. The van der Waals surface area contributed by atoms with Crippen LogP contribution < -0.4 is 0 Å². The fraction of sp³-hybridized carbons (Fsp3) is 0.750. The summed E-state index contributed by atoms with van der Waals surface area (Å²) in [6, 6.07) is 0. The molecule has 17 heavy (non-hydrogen) atoms. The molecule has 0 bridgehead atoms. The van der Waals surface area contributed by atoms with Gasteiger partial charge in [-0.2, -0.15) is 0 Å². The molecule has 0 saturated carbocycles. The van der Waals surface area contributed by atoms with E-state index in [1.165, 1.54) is 44.9 Å². The van der Waals surface area contributed by atoms with Gasteiger partial charge in [0.05, 0.1) is 0 Å². The first-order valence-corrected chi connectivity index (χ1v) is 12.9. The van der Waals surface area contributed by atoms with Crippen LogP contribution in [0, 0.1) is 0 Å². The molecule has 0 atom stereocenters. The molecule has 0 aliphatic carbocycles. The average Bonchev–Trinajstić information content (AvgIpc) is 2.75. The monoisotopic (exact) mass is 296 g/mol. The van der Waals surface area contributed by atoms with E-state index in [0.29, 0.717) is 0 Å². The molecule has 0 saturated heterocycles. The van der Waals surface area contributed by atoms with Gasteiger partial charge >= 0.3 is 111 Å².